The standard InChI is InChI=1S/C12H23N3O/c1-2-7-14-12(16)15-9-4-6-11(15)10-5-3-8-13-10/h10-11,13H,2-9H2,1H3,(H,14,16). The van der Waals surface area contributed by atoms with Crippen molar-refractivity contribution in [1.82, 2.24) is 15.5 Å². The summed E-state index contributed by atoms with van der Waals surface area (Å²) in [7, 11) is 0. The van der Waals surface area contributed by atoms with Crippen molar-refractivity contribution in [2.75, 3.05) is 19.6 Å². The molecule has 16 heavy (non-hydrogen) atoms. The van der Waals surface area contributed by atoms with Crippen LogP contribution in [0.4, 0.5) is 4.79 Å². The molecular weight excluding hydrogens is 202 g/mol. The highest BCUT2D eigenvalue weighted by atomic mass is 16.2. The Bertz CT molecular complexity index is 238. The zero-order chi connectivity index (χ0) is 11.4. The maximum absolute atomic E-state index is 12.0. The van der Waals surface area contributed by atoms with Gasteiger partial charge < -0.3 is 15.5 Å². The topological polar surface area (TPSA) is 44.4 Å². The summed E-state index contributed by atoms with van der Waals surface area (Å²) in [4.78, 5) is 14.0. The number of rotatable bonds is 3. The van der Waals surface area contributed by atoms with Crippen LogP contribution < -0.4 is 10.6 Å². The Morgan fingerprint density at radius 3 is 3.00 bits per heavy atom. The molecular formula is C12H23N3O. The van der Waals surface area contributed by atoms with Gasteiger partial charge >= 0.3 is 6.03 Å². The van der Waals surface area contributed by atoms with Crippen molar-refractivity contribution >= 4 is 6.03 Å². The average molecular weight is 225 g/mol. The minimum atomic E-state index is 0.137. The Morgan fingerprint density at radius 2 is 2.31 bits per heavy atom. The van der Waals surface area contributed by atoms with E-state index in [-0.39, 0.29) is 6.03 Å². The first-order valence-corrected chi connectivity index (χ1v) is 6.60. The molecule has 0 aliphatic carbocycles. The highest BCUT2D eigenvalue weighted by molar-refractivity contribution is 5.74. The summed E-state index contributed by atoms with van der Waals surface area (Å²) in [5.41, 5.74) is 0. The minimum absolute atomic E-state index is 0.137. The molecule has 2 amide bonds. The number of likely N-dealkylation sites (tertiary alicyclic amines) is 1. The second kappa shape index (κ2) is 5.53. The number of hydrogen-bond donors (Lipinski definition) is 2. The lowest BCUT2D eigenvalue weighted by molar-refractivity contribution is 0.182. The van der Waals surface area contributed by atoms with Gasteiger partial charge in [-0.3, -0.25) is 0 Å². The molecule has 2 atom stereocenters. The summed E-state index contributed by atoms with van der Waals surface area (Å²) in [5, 5.41) is 6.50. The number of carbonyl (C=O) groups is 1. The Hall–Kier alpha value is -0.770. The highest BCUT2D eigenvalue weighted by Crippen LogP contribution is 2.24. The van der Waals surface area contributed by atoms with Crippen molar-refractivity contribution in [1.29, 1.82) is 0 Å². The van der Waals surface area contributed by atoms with E-state index in [1.807, 2.05) is 4.90 Å². The zero-order valence-electron chi connectivity index (χ0n) is 10.2. The molecule has 2 fully saturated rings. The first kappa shape index (κ1) is 11.7. The molecule has 0 aromatic carbocycles. The molecule has 2 rings (SSSR count). The van der Waals surface area contributed by atoms with Crippen LogP contribution in [0.15, 0.2) is 0 Å². The highest BCUT2D eigenvalue weighted by Gasteiger charge is 2.35. The molecule has 0 spiro atoms. The fourth-order valence-corrected chi connectivity index (χ4v) is 2.84. The summed E-state index contributed by atoms with van der Waals surface area (Å²) in [6.45, 7) is 4.92. The number of nitrogens with zero attached hydrogens (tertiary/aromatic N) is 1. The average Bonchev–Trinajstić information content (AvgIpc) is 2.94. The van der Waals surface area contributed by atoms with Gasteiger partial charge in [-0.25, -0.2) is 4.79 Å². The van der Waals surface area contributed by atoms with Crippen LogP contribution in [0.1, 0.15) is 39.0 Å². The summed E-state index contributed by atoms with van der Waals surface area (Å²) in [6, 6.07) is 1.10. The molecule has 0 aromatic heterocycles. The van der Waals surface area contributed by atoms with Crippen molar-refractivity contribution in [2.24, 2.45) is 0 Å². The van der Waals surface area contributed by atoms with E-state index in [4.69, 9.17) is 0 Å². The molecule has 92 valence electrons. The van der Waals surface area contributed by atoms with E-state index in [2.05, 4.69) is 17.6 Å². The quantitative estimate of drug-likeness (QED) is 0.761. The van der Waals surface area contributed by atoms with Crippen LogP contribution in [-0.4, -0.2) is 42.6 Å². The Balaban J connectivity index is 1.89. The largest absolute Gasteiger partial charge is 0.338 e. The van der Waals surface area contributed by atoms with Crippen LogP contribution in [0.3, 0.4) is 0 Å². The van der Waals surface area contributed by atoms with Gasteiger partial charge in [0, 0.05) is 25.2 Å². The van der Waals surface area contributed by atoms with Crippen LogP contribution in [0.5, 0.6) is 0 Å². The van der Waals surface area contributed by atoms with E-state index in [1.54, 1.807) is 0 Å². The van der Waals surface area contributed by atoms with Crippen molar-refractivity contribution < 1.29 is 4.79 Å². The molecule has 4 heteroatoms. The van der Waals surface area contributed by atoms with E-state index in [9.17, 15) is 4.79 Å². The van der Waals surface area contributed by atoms with Crippen LogP contribution in [0.25, 0.3) is 0 Å². The fourth-order valence-electron chi connectivity index (χ4n) is 2.84. The summed E-state index contributed by atoms with van der Waals surface area (Å²) in [5.74, 6) is 0. The van der Waals surface area contributed by atoms with Crippen molar-refractivity contribution in [2.45, 2.75) is 51.1 Å². The summed E-state index contributed by atoms with van der Waals surface area (Å²) >= 11 is 0. The Labute approximate surface area is 97.8 Å². The van der Waals surface area contributed by atoms with Gasteiger partial charge in [0.2, 0.25) is 0 Å². The normalized spacial score (nSPS) is 29.7. The zero-order valence-corrected chi connectivity index (χ0v) is 10.2. The SMILES string of the molecule is CCCNC(=O)N1CCCC1C1CCCN1. The first-order chi connectivity index (χ1) is 7.83. The van der Waals surface area contributed by atoms with Crippen LogP contribution in [-0.2, 0) is 0 Å². The summed E-state index contributed by atoms with van der Waals surface area (Å²) in [6.07, 6.45) is 5.80. The van der Waals surface area contributed by atoms with Gasteiger partial charge in [-0.1, -0.05) is 6.92 Å². The van der Waals surface area contributed by atoms with Gasteiger partial charge in [0.25, 0.3) is 0 Å². The monoisotopic (exact) mass is 225 g/mol. The van der Waals surface area contributed by atoms with Gasteiger partial charge in [0.15, 0.2) is 0 Å². The molecule has 0 aromatic rings. The number of nitrogens with one attached hydrogen (secondary N) is 2. The lowest BCUT2D eigenvalue weighted by Crippen LogP contribution is -2.50. The molecule has 0 radical (unpaired) electrons. The number of hydrogen-bond acceptors (Lipinski definition) is 2. The molecule has 4 nitrogen and oxygen atoms in total. The first-order valence-electron chi connectivity index (χ1n) is 6.60. The van der Waals surface area contributed by atoms with Crippen molar-refractivity contribution in [3.63, 3.8) is 0 Å². The number of carbonyl (C=O) groups excluding carboxylic acids is 1. The van der Waals surface area contributed by atoms with Gasteiger partial charge in [-0.05, 0) is 38.6 Å². The maximum atomic E-state index is 12.0. The lowest BCUT2D eigenvalue weighted by atomic mass is 10.0. The third kappa shape index (κ3) is 2.48. The second-order valence-corrected chi connectivity index (χ2v) is 4.84. The third-order valence-electron chi connectivity index (χ3n) is 3.65. The van der Waals surface area contributed by atoms with Crippen LogP contribution >= 0.6 is 0 Å². The van der Waals surface area contributed by atoms with Gasteiger partial charge in [0.1, 0.15) is 0 Å². The van der Waals surface area contributed by atoms with Crippen molar-refractivity contribution in [3.8, 4) is 0 Å². The Kier molecular flexibility index (Phi) is 4.04. The molecule has 2 heterocycles. The Morgan fingerprint density at radius 1 is 1.44 bits per heavy atom. The molecule has 0 saturated carbocycles. The van der Waals surface area contributed by atoms with E-state index >= 15 is 0 Å². The van der Waals surface area contributed by atoms with Gasteiger partial charge in [-0.2, -0.15) is 0 Å². The van der Waals surface area contributed by atoms with E-state index in [0.29, 0.717) is 12.1 Å². The summed E-state index contributed by atoms with van der Waals surface area (Å²) < 4.78 is 0. The predicted octanol–water partition coefficient (Wildman–Crippen LogP) is 1.32. The molecule has 0 bridgehead atoms. The van der Waals surface area contributed by atoms with Gasteiger partial charge in [0.05, 0.1) is 0 Å². The minimum Gasteiger partial charge on any atom is -0.338 e. The van der Waals surface area contributed by atoms with Crippen molar-refractivity contribution in [3.05, 3.63) is 0 Å². The van der Waals surface area contributed by atoms with E-state index < -0.39 is 0 Å². The molecule has 2 unspecified atom stereocenters. The molecule has 2 aliphatic rings. The maximum Gasteiger partial charge on any atom is 0.317 e. The smallest absolute Gasteiger partial charge is 0.317 e. The van der Waals surface area contributed by atoms with E-state index in [0.717, 1.165) is 38.9 Å². The van der Waals surface area contributed by atoms with Crippen LogP contribution in [0.2, 0.25) is 0 Å². The second-order valence-electron chi connectivity index (χ2n) is 4.84. The van der Waals surface area contributed by atoms with Crippen LogP contribution in [0, 0.1) is 0 Å². The third-order valence-corrected chi connectivity index (χ3v) is 3.65. The molecule has 2 aliphatic heterocycles. The predicted molar refractivity (Wildman–Crippen MR) is 64.4 cm³/mol. The lowest BCUT2D eigenvalue weighted by Gasteiger charge is -2.29. The number of amides is 2. The van der Waals surface area contributed by atoms with Gasteiger partial charge in [-0.15, -0.1) is 0 Å². The molecule has 2 saturated heterocycles. The number of urea groups is 1. The molecule has 2 N–H and O–H groups in total. The van der Waals surface area contributed by atoms with E-state index in [1.165, 1.54) is 12.8 Å². The fraction of sp³-hybridized carbons (Fsp3) is 0.917.